The second kappa shape index (κ2) is 2.23. The molecule has 0 N–H and O–H groups in total. The summed E-state index contributed by atoms with van der Waals surface area (Å²) < 4.78 is 3.22. The van der Waals surface area contributed by atoms with Crippen LogP contribution >= 0.6 is 22.6 Å². The zero-order chi connectivity index (χ0) is 6.97. The van der Waals surface area contributed by atoms with E-state index in [1.165, 1.54) is 3.57 Å². The third-order valence-corrected chi connectivity index (χ3v) is 1.92. The first kappa shape index (κ1) is 6.15. The number of aromatic nitrogens is 2. The molecule has 0 aromatic carbocycles. The summed E-state index contributed by atoms with van der Waals surface area (Å²) in [6, 6.07) is 3.96. The van der Waals surface area contributed by atoms with Crippen LogP contribution in [0.1, 0.15) is 0 Å². The van der Waals surface area contributed by atoms with Crippen molar-refractivity contribution < 1.29 is 0 Å². The van der Waals surface area contributed by atoms with Gasteiger partial charge in [-0.3, -0.25) is 0 Å². The van der Waals surface area contributed by atoms with E-state index in [-0.39, 0.29) is 0 Å². The highest BCUT2D eigenvalue weighted by atomic mass is 127. The molecule has 10 heavy (non-hydrogen) atoms. The van der Waals surface area contributed by atoms with Crippen LogP contribution in [0.25, 0.3) is 5.65 Å². The second-order valence-corrected chi connectivity index (χ2v) is 3.29. The molecule has 0 aliphatic rings. The van der Waals surface area contributed by atoms with Crippen molar-refractivity contribution in [2.45, 2.75) is 0 Å². The Hall–Kier alpha value is -0.580. The molecule has 0 saturated carbocycles. The van der Waals surface area contributed by atoms with Gasteiger partial charge in [0.05, 0.1) is 0 Å². The molecule has 0 saturated heterocycles. The fourth-order valence-electron chi connectivity index (χ4n) is 0.908. The molecule has 0 fully saturated rings. The van der Waals surface area contributed by atoms with Gasteiger partial charge in [-0.25, -0.2) is 4.98 Å². The van der Waals surface area contributed by atoms with E-state index in [0.717, 1.165) is 5.65 Å². The van der Waals surface area contributed by atoms with E-state index in [0.29, 0.717) is 0 Å². The largest absolute Gasteiger partial charge is 0.308 e. The van der Waals surface area contributed by atoms with Crippen molar-refractivity contribution in [1.82, 2.24) is 9.38 Å². The van der Waals surface area contributed by atoms with Gasteiger partial charge in [0.2, 0.25) is 0 Å². The molecule has 2 aromatic heterocycles. The van der Waals surface area contributed by atoms with E-state index in [1.807, 2.05) is 28.9 Å². The SMILES string of the molecule is Ic1cc2ncccn2c1. The summed E-state index contributed by atoms with van der Waals surface area (Å²) in [5, 5.41) is 0. The Kier molecular flexibility index (Phi) is 1.37. The Labute approximate surface area is 72.0 Å². The Morgan fingerprint density at radius 2 is 2.40 bits per heavy atom. The normalized spacial score (nSPS) is 10.5. The van der Waals surface area contributed by atoms with Crippen LogP contribution in [0, 0.1) is 3.57 Å². The van der Waals surface area contributed by atoms with E-state index < -0.39 is 0 Å². The lowest BCUT2D eigenvalue weighted by atomic mass is 10.6. The summed E-state index contributed by atoms with van der Waals surface area (Å²) in [5.41, 5.74) is 1.01. The first-order chi connectivity index (χ1) is 4.86. The zero-order valence-corrected chi connectivity index (χ0v) is 7.32. The summed E-state index contributed by atoms with van der Waals surface area (Å²) in [6.45, 7) is 0. The van der Waals surface area contributed by atoms with Crippen LogP contribution in [0.2, 0.25) is 0 Å². The van der Waals surface area contributed by atoms with E-state index in [4.69, 9.17) is 0 Å². The summed E-state index contributed by atoms with van der Waals surface area (Å²) in [6.07, 6.45) is 5.83. The molecular formula is C7H5IN2. The molecule has 2 nitrogen and oxygen atoms in total. The molecule has 2 rings (SSSR count). The molecule has 2 aromatic rings. The predicted octanol–water partition coefficient (Wildman–Crippen LogP) is 1.94. The molecule has 2 heterocycles. The molecular weight excluding hydrogens is 239 g/mol. The number of nitrogens with zero attached hydrogens (tertiary/aromatic N) is 2. The first-order valence-electron chi connectivity index (χ1n) is 2.94. The minimum atomic E-state index is 1.01. The van der Waals surface area contributed by atoms with E-state index in [2.05, 4.69) is 27.6 Å². The Morgan fingerprint density at radius 1 is 1.50 bits per heavy atom. The molecule has 0 bridgehead atoms. The third kappa shape index (κ3) is 0.901. The van der Waals surface area contributed by atoms with Crippen molar-refractivity contribution in [3.63, 3.8) is 0 Å². The lowest BCUT2D eigenvalue weighted by Crippen LogP contribution is -1.80. The highest BCUT2D eigenvalue weighted by molar-refractivity contribution is 14.1. The monoisotopic (exact) mass is 244 g/mol. The van der Waals surface area contributed by atoms with Gasteiger partial charge in [0.1, 0.15) is 5.65 Å². The lowest BCUT2D eigenvalue weighted by molar-refractivity contribution is 1.13. The minimum absolute atomic E-state index is 1.01. The van der Waals surface area contributed by atoms with E-state index >= 15 is 0 Å². The van der Waals surface area contributed by atoms with Crippen molar-refractivity contribution in [2.75, 3.05) is 0 Å². The summed E-state index contributed by atoms with van der Waals surface area (Å²) >= 11 is 2.27. The molecule has 0 aliphatic carbocycles. The van der Waals surface area contributed by atoms with Crippen molar-refractivity contribution >= 4 is 28.2 Å². The summed E-state index contributed by atoms with van der Waals surface area (Å²) in [4.78, 5) is 4.16. The van der Waals surface area contributed by atoms with Crippen LogP contribution in [-0.4, -0.2) is 9.38 Å². The zero-order valence-electron chi connectivity index (χ0n) is 5.16. The van der Waals surface area contributed by atoms with E-state index in [9.17, 15) is 0 Å². The second-order valence-electron chi connectivity index (χ2n) is 2.04. The van der Waals surface area contributed by atoms with Crippen molar-refractivity contribution in [3.05, 3.63) is 34.3 Å². The van der Waals surface area contributed by atoms with Gasteiger partial charge in [0, 0.05) is 22.2 Å². The van der Waals surface area contributed by atoms with Crippen molar-refractivity contribution in [3.8, 4) is 0 Å². The molecule has 0 unspecified atom stereocenters. The minimum Gasteiger partial charge on any atom is -0.308 e. The number of hydrogen-bond donors (Lipinski definition) is 0. The van der Waals surface area contributed by atoms with Gasteiger partial charge in [0.15, 0.2) is 0 Å². The maximum atomic E-state index is 4.16. The maximum Gasteiger partial charge on any atom is 0.137 e. The lowest BCUT2D eigenvalue weighted by Gasteiger charge is -1.87. The van der Waals surface area contributed by atoms with Crippen LogP contribution in [0.3, 0.4) is 0 Å². The Balaban J connectivity index is 2.88. The average Bonchev–Trinajstić information content (AvgIpc) is 2.27. The molecule has 50 valence electrons. The number of halogens is 1. The van der Waals surface area contributed by atoms with E-state index in [1.54, 1.807) is 6.20 Å². The van der Waals surface area contributed by atoms with Crippen LogP contribution in [0.15, 0.2) is 30.7 Å². The van der Waals surface area contributed by atoms with Crippen LogP contribution in [0.5, 0.6) is 0 Å². The third-order valence-electron chi connectivity index (χ3n) is 1.33. The van der Waals surface area contributed by atoms with Gasteiger partial charge >= 0.3 is 0 Å². The molecule has 0 spiro atoms. The Morgan fingerprint density at radius 3 is 3.20 bits per heavy atom. The van der Waals surface area contributed by atoms with Crippen molar-refractivity contribution in [2.24, 2.45) is 0 Å². The van der Waals surface area contributed by atoms with Gasteiger partial charge < -0.3 is 4.40 Å². The average molecular weight is 244 g/mol. The van der Waals surface area contributed by atoms with Gasteiger partial charge in [-0.15, -0.1) is 0 Å². The molecule has 0 atom stereocenters. The molecule has 0 radical (unpaired) electrons. The fourth-order valence-corrected chi connectivity index (χ4v) is 1.49. The highest BCUT2D eigenvalue weighted by Crippen LogP contribution is 2.08. The highest BCUT2D eigenvalue weighted by Gasteiger charge is 1.93. The standard InChI is InChI=1S/C7H5IN2/c8-6-4-7-9-2-1-3-10(7)5-6/h1-5H. The maximum absolute atomic E-state index is 4.16. The van der Waals surface area contributed by atoms with Crippen LogP contribution in [0.4, 0.5) is 0 Å². The topological polar surface area (TPSA) is 17.3 Å². The van der Waals surface area contributed by atoms with Crippen LogP contribution < -0.4 is 0 Å². The van der Waals surface area contributed by atoms with Crippen molar-refractivity contribution in [1.29, 1.82) is 0 Å². The Bertz CT molecular complexity index is 320. The number of fused-ring (bicyclic) bond motifs is 1. The number of hydrogen-bond acceptors (Lipinski definition) is 1. The summed E-state index contributed by atoms with van der Waals surface area (Å²) in [7, 11) is 0. The molecule has 0 aliphatic heterocycles. The van der Waals surface area contributed by atoms with Gasteiger partial charge in [0.25, 0.3) is 0 Å². The van der Waals surface area contributed by atoms with Gasteiger partial charge in [-0.1, -0.05) is 0 Å². The summed E-state index contributed by atoms with van der Waals surface area (Å²) in [5.74, 6) is 0. The molecule has 0 amide bonds. The smallest absolute Gasteiger partial charge is 0.137 e. The first-order valence-corrected chi connectivity index (χ1v) is 4.02. The molecule has 3 heteroatoms. The van der Waals surface area contributed by atoms with Gasteiger partial charge in [-0.05, 0) is 34.7 Å². The quantitative estimate of drug-likeness (QED) is 0.647. The van der Waals surface area contributed by atoms with Crippen LogP contribution in [-0.2, 0) is 0 Å². The predicted molar refractivity (Wildman–Crippen MR) is 47.9 cm³/mol. The van der Waals surface area contributed by atoms with Gasteiger partial charge in [-0.2, -0.15) is 0 Å². The number of rotatable bonds is 0. The fraction of sp³-hybridized carbons (Fsp3) is 0.